The summed E-state index contributed by atoms with van der Waals surface area (Å²) in [5.41, 5.74) is 2.70. The van der Waals surface area contributed by atoms with Crippen LogP contribution in [-0.4, -0.2) is 54.5 Å². The molecule has 0 aliphatic carbocycles. The minimum Gasteiger partial charge on any atom is -0.332 e. The molecule has 2 rings (SSSR count). The molecule has 1 aliphatic rings. The van der Waals surface area contributed by atoms with E-state index in [-0.39, 0.29) is 6.03 Å². The van der Waals surface area contributed by atoms with Gasteiger partial charge in [-0.25, -0.2) is 9.78 Å². The minimum absolute atomic E-state index is 0.00747. The highest BCUT2D eigenvalue weighted by molar-refractivity contribution is 7.07. The first-order valence-electron chi connectivity index (χ1n) is 6.69. The van der Waals surface area contributed by atoms with Gasteiger partial charge in [-0.15, -0.1) is 11.3 Å². The van der Waals surface area contributed by atoms with E-state index in [0.717, 1.165) is 25.3 Å². The van der Waals surface area contributed by atoms with E-state index < -0.39 is 0 Å². The Kier molecular flexibility index (Phi) is 5.15. The molecule has 0 saturated carbocycles. The number of piperidine rings is 1. The van der Waals surface area contributed by atoms with E-state index in [0.29, 0.717) is 12.5 Å². The topological polar surface area (TPSA) is 48.5 Å². The third-order valence-corrected chi connectivity index (χ3v) is 4.26. The van der Waals surface area contributed by atoms with Crippen LogP contribution in [0.1, 0.15) is 18.5 Å². The van der Waals surface area contributed by atoms with Crippen LogP contribution < -0.4 is 5.32 Å². The van der Waals surface area contributed by atoms with Gasteiger partial charge in [-0.3, -0.25) is 0 Å². The first kappa shape index (κ1) is 14.3. The molecule has 1 N–H and O–H groups in total. The molecule has 19 heavy (non-hydrogen) atoms. The van der Waals surface area contributed by atoms with E-state index in [1.165, 1.54) is 12.8 Å². The van der Waals surface area contributed by atoms with Gasteiger partial charge in [-0.2, -0.15) is 0 Å². The molecular formula is C13H22N4OS. The monoisotopic (exact) mass is 282 g/mol. The second kappa shape index (κ2) is 6.86. The number of carbonyl (C=O) groups excluding carboxylic acids is 1. The number of carbonyl (C=O) groups is 1. The summed E-state index contributed by atoms with van der Waals surface area (Å²) in [7, 11) is 4.02. The summed E-state index contributed by atoms with van der Waals surface area (Å²) < 4.78 is 0. The van der Waals surface area contributed by atoms with Gasteiger partial charge in [-0.1, -0.05) is 0 Å². The van der Waals surface area contributed by atoms with Crippen molar-refractivity contribution in [3.8, 4) is 0 Å². The number of nitrogens with one attached hydrogen (secondary N) is 1. The number of hydrogen-bond acceptors (Lipinski definition) is 4. The van der Waals surface area contributed by atoms with Gasteiger partial charge in [0.15, 0.2) is 0 Å². The molecule has 0 aromatic carbocycles. The number of likely N-dealkylation sites (tertiary alicyclic amines) is 1. The van der Waals surface area contributed by atoms with E-state index in [2.05, 4.69) is 22.2 Å². The maximum absolute atomic E-state index is 12.0. The van der Waals surface area contributed by atoms with Gasteiger partial charge in [0.1, 0.15) is 0 Å². The zero-order chi connectivity index (χ0) is 13.7. The van der Waals surface area contributed by atoms with Gasteiger partial charge in [0.2, 0.25) is 0 Å². The number of amides is 2. The van der Waals surface area contributed by atoms with E-state index in [4.69, 9.17) is 0 Å². The largest absolute Gasteiger partial charge is 0.332 e. The fourth-order valence-electron chi connectivity index (χ4n) is 2.34. The van der Waals surface area contributed by atoms with Gasteiger partial charge in [0, 0.05) is 19.0 Å². The van der Waals surface area contributed by atoms with Crippen molar-refractivity contribution < 1.29 is 4.79 Å². The summed E-state index contributed by atoms with van der Waals surface area (Å²) in [6.45, 7) is 3.63. The van der Waals surface area contributed by atoms with Gasteiger partial charge < -0.3 is 15.1 Å². The number of hydrogen-bond donors (Lipinski definition) is 1. The van der Waals surface area contributed by atoms with Crippen LogP contribution in [0.5, 0.6) is 0 Å². The molecule has 0 unspecified atom stereocenters. The van der Waals surface area contributed by atoms with Gasteiger partial charge >= 0.3 is 6.03 Å². The van der Waals surface area contributed by atoms with Crippen molar-refractivity contribution >= 4 is 17.4 Å². The fourth-order valence-corrected chi connectivity index (χ4v) is 2.90. The Morgan fingerprint density at radius 3 is 2.95 bits per heavy atom. The van der Waals surface area contributed by atoms with Crippen molar-refractivity contribution in [2.45, 2.75) is 19.4 Å². The van der Waals surface area contributed by atoms with Crippen LogP contribution in [0.3, 0.4) is 0 Å². The van der Waals surface area contributed by atoms with Gasteiger partial charge in [0.25, 0.3) is 0 Å². The van der Waals surface area contributed by atoms with Crippen molar-refractivity contribution in [2.75, 3.05) is 33.7 Å². The van der Waals surface area contributed by atoms with Crippen molar-refractivity contribution in [1.82, 2.24) is 20.1 Å². The number of urea groups is 1. The molecule has 6 heteroatoms. The van der Waals surface area contributed by atoms with Crippen LogP contribution >= 0.6 is 11.3 Å². The SMILES string of the molecule is CN1CCC(CN(C)C(=O)NCc2cscn2)CC1. The molecule has 1 aromatic heterocycles. The zero-order valence-corrected chi connectivity index (χ0v) is 12.4. The second-order valence-corrected chi connectivity index (χ2v) is 5.98. The van der Waals surface area contributed by atoms with Crippen molar-refractivity contribution in [1.29, 1.82) is 0 Å². The average molecular weight is 282 g/mol. The Labute approximate surface area is 118 Å². The normalized spacial score (nSPS) is 17.4. The minimum atomic E-state index is -0.00747. The third-order valence-electron chi connectivity index (χ3n) is 3.62. The molecule has 0 bridgehead atoms. The smallest absolute Gasteiger partial charge is 0.317 e. The molecule has 106 valence electrons. The number of rotatable bonds is 4. The van der Waals surface area contributed by atoms with Crippen molar-refractivity contribution in [3.63, 3.8) is 0 Å². The van der Waals surface area contributed by atoms with E-state index >= 15 is 0 Å². The first-order valence-corrected chi connectivity index (χ1v) is 7.64. The van der Waals surface area contributed by atoms with Gasteiger partial charge in [-0.05, 0) is 38.9 Å². The third kappa shape index (κ3) is 4.47. The molecule has 5 nitrogen and oxygen atoms in total. The van der Waals surface area contributed by atoms with Crippen LogP contribution in [-0.2, 0) is 6.54 Å². The predicted molar refractivity (Wildman–Crippen MR) is 77.2 cm³/mol. The Hall–Kier alpha value is -1.14. The quantitative estimate of drug-likeness (QED) is 0.913. The number of thiazole rings is 1. The van der Waals surface area contributed by atoms with Crippen LogP contribution in [0.25, 0.3) is 0 Å². The molecule has 1 saturated heterocycles. The Bertz CT molecular complexity index is 387. The van der Waals surface area contributed by atoms with Crippen molar-refractivity contribution in [2.24, 2.45) is 5.92 Å². The molecule has 1 aromatic rings. The highest BCUT2D eigenvalue weighted by Gasteiger charge is 2.20. The highest BCUT2D eigenvalue weighted by atomic mass is 32.1. The molecule has 1 aliphatic heterocycles. The summed E-state index contributed by atoms with van der Waals surface area (Å²) in [6, 6.07) is -0.00747. The Morgan fingerprint density at radius 1 is 1.58 bits per heavy atom. The maximum Gasteiger partial charge on any atom is 0.317 e. The molecule has 0 spiro atoms. The standard InChI is InChI=1S/C13H22N4OS/c1-16-5-3-11(4-6-16)8-17(2)13(18)14-7-12-9-19-10-15-12/h9-11H,3-8H2,1-2H3,(H,14,18). The summed E-state index contributed by atoms with van der Waals surface area (Å²) in [5, 5.41) is 4.86. The molecule has 2 heterocycles. The lowest BCUT2D eigenvalue weighted by Crippen LogP contribution is -2.42. The summed E-state index contributed by atoms with van der Waals surface area (Å²) in [5.74, 6) is 0.631. The molecule has 2 amide bonds. The number of aromatic nitrogens is 1. The lowest BCUT2D eigenvalue weighted by Gasteiger charge is -2.31. The van der Waals surface area contributed by atoms with Crippen molar-refractivity contribution in [3.05, 3.63) is 16.6 Å². The first-order chi connectivity index (χ1) is 9.15. The molecule has 0 radical (unpaired) electrons. The highest BCUT2D eigenvalue weighted by Crippen LogP contribution is 2.16. The lowest BCUT2D eigenvalue weighted by atomic mass is 9.97. The van der Waals surface area contributed by atoms with E-state index in [9.17, 15) is 4.79 Å². The van der Waals surface area contributed by atoms with Crippen LogP contribution in [0.15, 0.2) is 10.9 Å². The average Bonchev–Trinajstić information content (AvgIpc) is 2.91. The zero-order valence-electron chi connectivity index (χ0n) is 11.6. The van der Waals surface area contributed by atoms with Gasteiger partial charge in [0.05, 0.1) is 17.7 Å². The molecule has 1 fully saturated rings. The van der Waals surface area contributed by atoms with E-state index in [1.54, 1.807) is 21.7 Å². The summed E-state index contributed by atoms with van der Waals surface area (Å²) >= 11 is 1.55. The lowest BCUT2D eigenvalue weighted by molar-refractivity contribution is 0.170. The molecular weight excluding hydrogens is 260 g/mol. The van der Waals surface area contributed by atoms with Crippen LogP contribution in [0, 0.1) is 5.92 Å². The number of nitrogens with zero attached hydrogens (tertiary/aromatic N) is 3. The molecule has 0 atom stereocenters. The Balaban J connectivity index is 1.70. The fraction of sp³-hybridized carbons (Fsp3) is 0.692. The summed E-state index contributed by atoms with van der Waals surface area (Å²) in [4.78, 5) is 20.2. The Morgan fingerprint density at radius 2 is 2.32 bits per heavy atom. The summed E-state index contributed by atoms with van der Waals surface area (Å²) in [6.07, 6.45) is 2.36. The van der Waals surface area contributed by atoms with E-state index in [1.807, 2.05) is 12.4 Å². The predicted octanol–water partition coefficient (Wildman–Crippen LogP) is 1.63. The van der Waals surface area contributed by atoms with Crippen LogP contribution in [0.2, 0.25) is 0 Å². The van der Waals surface area contributed by atoms with Crippen LogP contribution in [0.4, 0.5) is 4.79 Å². The second-order valence-electron chi connectivity index (χ2n) is 5.27. The maximum atomic E-state index is 12.0.